The standard InChI is InChI=1S/C14H18N4O2/c1-10(12-6-8-20-16-12)17(2)14(19)11-9-15-18-7-4-3-5-13(11)18/h6,8-10H,3-5,7H2,1-2H3/t10-/m1/s1. The lowest BCUT2D eigenvalue weighted by Crippen LogP contribution is -2.30. The van der Waals surface area contributed by atoms with Crippen LogP contribution in [0.1, 0.15) is 47.6 Å². The van der Waals surface area contributed by atoms with Crippen molar-refractivity contribution in [2.45, 2.75) is 38.8 Å². The quantitative estimate of drug-likeness (QED) is 0.859. The number of carbonyl (C=O) groups excluding carboxylic acids is 1. The van der Waals surface area contributed by atoms with Crippen LogP contribution in [0.4, 0.5) is 0 Å². The lowest BCUT2D eigenvalue weighted by atomic mass is 10.1. The number of hydrogen-bond acceptors (Lipinski definition) is 4. The van der Waals surface area contributed by atoms with Crippen molar-refractivity contribution < 1.29 is 9.32 Å². The fraction of sp³-hybridized carbons (Fsp3) is 0.500. The molecule has 106 valence electrons. The van der Waals surface area contributed by atoms with Gasteiger partial charge >= 0.3 is 0 Å². The van der Waals surface area contributed by atoms with E-state index in [2.05, 4.69) is 10.3 Å². The van der Waals surface area contributed by atoms with Gasteiger partial charge in [-0.15, -0.1) is 0 Å². The Morgan fingerprint density at radius 3 is 3.10 bits per heavy atom. The summed E-state index contributed by atoms with van der Waals surface area (Å²) in [5, 5.41) is 8.22. The molecule has 0 aliphatic carbocycles. The number of aromatic nitrogens is 3. The van der Waals surface area contributed by atoms with E-state index < -0.39 is 0 Å². The van der Waals surface area contributed by atoms with Crippen molar-refractivity contribution >= 4 is 5.91 Å². The molecule has 0 unspecified atom stereocenters. The second-order valence-corrected chi connectivity index (χ2v) is 5.20. The molecule has 1 amide bonds. The molecule has 6 heteroatoms. The lowest BCUT2D eigenvalue weighted by Gasteiger charge is -2.23. The average molecular weight is 274 g/mol. The number of rotatable bonds is 3. The van der Waals surface area contributed by atoms with E-state index in [9.17, 15) is 4.79 Å². The summed E-state index contributed by atoms with van der Waals surface area (Å²) in [5.74, 6) is -0.0105. The van der Waals surface area contributed by atoms with Crippen LogP contribution in [0.25, 0.3) is 0 Å². The molecule has 0 spiro atoms. The fourth-order valence-electron chi connectivity index (χ4n) is 2.60. The molecule has 0 fully saturated rings. The highest BCUT2D eigenvalue weighted by Gasteiger charge is 2.26. The van der Waals surface area contributed by atoms with Crippen LogP contribution in [0.3, 0.4) is 0 Å². The number of carbonyl (C=O) groups is 1. The van der Waals surface area contributed by atoms with Gasteiger partial charge in [-0.1, -0.05) is 5.16 Å². The van der Waals surface area contributed by atoms with Gasteiger partial charge in [0.2, 0.25) is 0 Å². The molecule has 0 N–H and O–H groups in total. The number of hydrogen-bond donors (Lipinski definition) is 0. The van der Waals surface area contributed by atoms with Crippen LogP contribution in [-0.4, -0.2) is 32.8 Å². The molecule has 6 nitrogen and oxygen atoms in total. The van der Waals surface area contributed by atoms with E-state index in [0.29, 0.717) is 5.56 Å². The van der Waals surface area contributed by atoms with Crippen LogP contribution in [0.15, 0.2) is 23.0 Å². The molecule has 0 saturated carbocycles. The summed E-state index contributed by atoms with van der Waals surface area (Å²) in [6.07, 6.45) is 6.39. The second kappa shape index (κ2) is 5.11. The van der Waals surface area contributed by atoms with E-state index in [4.69, 9.17) is 4.52 Å². The van der Waals surface area contributed by atoms with E-state index in [0.717, 1.165) is 37.2 Å². The molecule has 1 atom stereocenters. The average Bonchev–Trinajstić information content (AvgIpc) is 3.14. The Morgan fingerprint density at radius 2 is 2.35 bits per heavy atom. The Morgan fingerprint density at radius 1 is 1.50 bits per heavy atom. The predicted molar refractivity (Wildman–Crippen MR) is 72.2 cm³/mol. The smallest absolute Gasteiger partial charge is 0.257 e. The first-order valence-corrected chi connectivity index (χ1v) is 6.90. The number of aryl methyl sites for hydroxylation is 1. The zero-order chi connectivity index (χ0) is 14.1. The molecule has 20 heavy (non-hydrogen) atoms. The zero-order valence-electron chi connectivity index (χ0n) is 11.7. The van der Waals surface area contributed by atoms with Crippen molar-refractivity contribution in [2.75, 3.05) is 7.05 Å². The first-order valence-electron chi connectivity index (χ1n) is 6.90. The van der Waals surface area contributed by atoms with Crippen molar-refractivity contribution in [2.24, 2.45) is 0 Å². The minimum Gasteiger partial charge on any atom is -0.364 e. The Kier molecular flexibility index (Phi) is 3.30. The molecule has 0 bridgehead atoms. The van der Waals surface area contributed by atoms with Crippen molar-refractivity contribution in [3.8, 4) is 0 Å². The summed E-state index contributed by atoms with van der Waals surface area (Å²) in [7, 11) is 1.79. The highest BCUT2D eigenvalue weighted by molar-refractivity contribution is 5.95. The molecular formula is C14H18N4O2. The van der Waals surface area contributed by atoms with E-state index in [1.165, 1.54) is 6.26 Å². The first-order chi connectivity index (χ1) is 9.68. The minimum absolute atomic E-state index is 0.0105. The van der Waals surface area contributed by atoms with Crippen LogP contribution in [0.5, 0.6) is 0 Å². The van der Waals surface area contributed by atoms with Crippen LogP contribution >= 0.6 is 0 Å². The van der Waals surface area contributed by atoms with Gasteiger partial charge in [-0.25, -0.2) is 0 Å². The fourth-order valence-corrected chi connectivity index (χ4v) is 2.60. The minimum atomic E-state index is -0.125. The van der Waals surface area contributed by atoms with Gasteiger partial charge in [-0.3, -0.25) is 9.48 Å². The maximum Gasteiger partial charge on any atom is 0.257 e. The van der Waals surface area contributed by atoms with Crippen LogP contribution in [0, 0.1) is 0 Å². The summed E-state index contributed by atoms with van der Waals surface area (Å²) < 4.78 is 6.79. The second-order valence-electron chi connectivity index (χ2n) is 5.20. The molecule has 1 aliphatic heterocycles. The Balaban J connectivity index is 1.83. The van der Waals surface area contributed by atoms with E-state index in [1.807, 2.05) is 11.6 Å². The van der Waals surface area contributed by atoms with Gasteiger partial charge in [0.15, 0.2) is 0 Å². The number of amides is 1. The Hall–Kier alpha value is -2.11. The van der Waals surface area contributed by atoms with Crippen molar-refractivity contribution in [3.05, 3.63) is 35.5 Å². The van der Waals surface area contributed by atoms with E-state index in [1.54, 1.807) is 24.2 Å². The highest BCUT2D eigenvalue weighted by Crippen LogP contribution is 2.23. The highest BCUT2D eigenvalue weighted by atomic mass is 16.5. The van der Waals surface area contributed by atoms with Crippen LogP contribution in [-0.2, 0) is 13.0 Å². The summed E-state index contributed by atoms with van der Waals surface area (Å²) in [5.41, 5.74) is 2.52. The lowest BCUT2D eigenvalue weighted by molar-refractivity contribution is 0.0736. The maximum absolute atomic E-state index is 12.6. The Bertz CT molecular complexity index is 603. The normalized spacial score (nSPS) is 15.7. The molecule has 2 aromatic heterocycles. The van der Waals surface area contributed by atoms with Gasteiger partial charge in [-0.05, 0) is 26.2 Å². The van der Waals surface area contributed by atoms with E-state index >= 15 is 0 Å². The zero-order valence-corrected chi connectivity index (χ0v) is 11.7. The monoisotopic (exact) mass is 274 g/mol. The maximum atomic E-state index is 12.6. The summed E-state index contributed by atoms with van der Waals surface area (Å²) in [6, 6.07) is 1.66. The van der Waals surface area contributed by atoms with Gasteiger partial charge in [0.25, 0.3) is 5.91 Å². The largest absolute Gasteiger partial charge is 0.364 e. The van der Waals surface area contributed by atoms with Crippen LogP contribution in [0.2, 0.25) is 0 Å². The third-order valence-corrected chi connectivity index (χ3v) is 4.00. The Labute approximate surface area is 117 Å². The first kappa shape index (κ1) is 12.9. The topological polar surface area (TPSA) is 64.2 Å². The molecular weight excluding hydrogens is 256 g/mol. The molecule has 0 saturated heterocycles. The molecule has 1 aliphatic rings. The third-order valence-electron chi connectivity index (χ3n) is 4.00. The van der Waals surface area contributed by atoms with Gasteiger partial charge in [-0.2, -0.15) is 5.10 Å². The third kappa shape index (κ3) is 2.11. The molecule has 0 aromatic carbocycles. The molecule has 0 radical (unpaired) electrons. The van der Waals surface area contributed by atoms with Gasteiger partial charge in [0.1, 0.15) is 12.0 Å². The van der Waals surface area contributed by atoms with Crippen molar-refractivity contribution in [1.29, 1.82) is 0 Å². The summed E-state index contributed by atoms with van der Waals surface area (Å²) in [4.78, 5) is 14.3. The molecule has 3 heterocycles. The van der Waals surface area contributed by atoms with Crippen LogP contribution < -0.4 is 0 Å². The number of nitrogens with zero attached hydrogens (tertiary/aromatic N) is 4. The SMILES string of the molecule is C[C@H](c1ccon1)N(C)C(=O)c1cnn2c1CCCC2. The molecule has 2 aromatic rings. The number of fused-ring (bicyclic) bond motifs is 1. The van der Waals surface area contributed by atoms with Crippen molar-refractivity contribution in [1.82, 2.24) is 19.8 Å². The molecule has 3 rings (SSSR count). The summed E-state index contributed by atoms with van der Waals surface area (Å²) >= 11 is 0. The predicted octanol–water partition coefficient (Wildman–Crippen LogP) is 2.04. The van der Waals surface area contributed by atoms with Gasteiger partial charge in [0.05, 0.1) is 23.5 Å². The van der Waals surface area contributed by atoms with E-state index in [-0.39, 0.29) is 11.9 Å². The van der Waals surface area contributed by atoms with Crippen molar-refractivity contribution in [3.63, 3.8) is 0 Å². The summed E-state index contributed by atoms with van der Waals surface area (Å²) in [6.45, 7) is 2.84. The van der Waals surface area contributed by atoms with Gasteiger partial charge < -0.3 is 9.42 Å². The van der Waals surface area contributed by atoms with Gasteiger partial charge in [0, 0.05) is 19.7 Å².